The summed E-state index contributed by atoms with van der Waals surface area (Å²) in [5.74, 6) is 1.31. The summed E-state index contributed by atoms with van der Waals surface area (Å²) in [7, 11) is 0. The highest BCUT2D eigenvalue weighted by Gasteiger charge is 2.59. The molecule has 0 spiro atoms. The Hall–Kier alpha value is -2.94. The van der Waals surface area contributed by atoms with Crippen molar-refractivity contribution in [3.63, 3.8) is 0 Å². The van der Waals surface area contributed by atoms with Crippen molar-refractivity contribution in [3.8, 4) is 17.8 Å². The first-order valence-electron chi connectivity index (χ1n) is 8.58. The zero-order valence-electron chi connectivity index (χ0n) is 13.4. The maximum Gasteiger partial charge on any atom is 0.270 e. The second-order valence-electron chi connectivity index (χ2n) is 7.29. The Morgan fingerprint density at radius 1 is 1.08 bits per heavy atom. The third kappa shape index (κ3) is 1.86. The van der Waals surface area contributed by atoms with Gasteiger partial charge in [-0.3, -0.25) is 10.2 Å². The molecule has 0 saturated heterocycles. The topological polar surface area (TPSA) is 98.3 Å². The Morgan fingerprint density at radius 3 is 2.16 bits per heavy atom. The van der Waals surface area contributed by atoms with E-state index in [1.54, 1.807) is 24.3 Å². The Kier molecular flexibility index (Phi) is 2.76. The molecule has 1 heterocycles. The molecule has 6 nitrogen and oxygen atoms in total. The molecular weight excluding hydrogens is 318 g/mol. The first-order chi connectivity index (χ1) is 12.1. The Labute approximate surface area is 144 Å². The van der Waals surface area contributed by atoms with Crippen molar-refractivity contribution in [3.05, 3.63) is 46.5 Å². The van der Waals surface area contributed by atoms with Crippen molar-refractivity contribution >= 4 is 5.91 Å². The third-order valence-corrected chi connectivity index (χ3v) is 6.14. The fourth-order valence-electron chi connectivity index (χ4n) is 4.95. The molecule has 4 atom stereocenters. The van der Waals surface area contributed by atoms with Crippen molar-refractivity contribution in [1.82, 2.24) is 4.68 Å². The number of fused-ring (bicyclic) bond motifs is 1. The zero-order valence-corrected chi connectivity index (χ0v) is 13.4. The van der Waals surface area contributed by atoms with E-state index in [-0.39, 0.29) is 11.8 Å². The van der Waals surface area contributed by atoms with Crippen LogP contribution in [0, 0.1) is 23.2 Å². The van der Waals surface area contributed by atoms with Crippen LogP contribution in [0.15, 0.2) is 24.3 Å². The summed E-state index contributed by atoms with van der Waals surface area (Å²) in [4.78, 5) is 12.4. The van der Waals surface area contributed by atoms with Crippen molar-refractivity contribution in [1.29, 1.82) is 5.26 Å². The summed E-state index contributed by atoms with van der Waals surface area (Å²) in [6, 6.07) is 8.21. The summed E-state index contributed by atoms with van der Waals surface area (Å²) in [6.07, 6.45) is 3.26. The van der Waals surface area contributed by atoms with Gasteiger partial charge in [-0.1, -0.05) is 0 Å². The molecule has 126 valence electrons. The molecule has 4 aliphatic rings. The molecule has 2 fully saturated rings. The van der Waals surface area contributed by atoms with E-state index in [1.165, 1.54) is 6.42 Å². The van der Waals surface area contributed by atoms with Gasteiger partial charge < -0.3 is 10.2 Å². The molecule has 25 heavy (non-hydrogen) atoms. The number of hydrogen-bond donors (Lipinski definition) is 3. The molecule has 6 rings (SSSR count). The Balaban J connectivity index is 1.49. The normalized spacial score (nSPS) is 28.0. The number of carbonyl (C=O) groups is 1. The number of nitrogens with zero attached hydrogens (tertiary/aromatic N) is 2. The zero-order chi connectivity index (χ0) is 17.3. The number of rotatable bonds is 2. The quantitative estimate of drug-likeness (QED) is 0.786. The van der Waals surface area contributed by atoms with E-state index >= 15 is 0 Å². The highest BCUT2D eigenvalue weighted by molar-refractivity contribution is 6.00. The molecule has 4 aliphatic carbocycles. The minimum Gasteiger partial charge on any atom is -0.493 e. The summed E-state index contributed by atoms with van der Waals surface area (Å²) in [6.45, 7) is 0. The monoisotopic (exact) mass is 335 g/mol. The van der Waals surface area contributed by atoms with Crippen LogP contribution in [-0.4, -0.2) is 20.8 Å². The van der Waals surface area contributed by atoms with E-state index < -0.39 is 5.91 Å². The van der Waals surface area contributed by atoms with E-state index in [0.29, 0.717) is 34.8 Å². The van der Waals surface area contributed by atoms with E-state index in [9.17, 15) is 15.0 Å². The molecule has 2 aromatic rings. The number of nitrogens with one attached hydrogen (secondary N) is 1. The molecule has 2 bridgehead atoms. The minimum absolute atomic E-state index is 0.0467. The van der Waals surface area contributed by atoms with Gasteiger partial charge in [0.2, 0.25) is 11.8 Å². The number of aromatic nitrogens is 1. The molecule has 3 N–H and O–H groups in total. The lowest BCUT2D eigenvalue weighted by atomic mass is 9.68. The first-order valence-corrected chi connectivity index (χ1v) is 8.58. The molecule has 0 aliphatic heterocycles. The number of nitriles is 1. The first kappa shape index (κ1) is 14.4. The molecule has 4 unspecified atom stereocenters. The van der Waals surface area contributed by atoms with Gasteiger partial charge in [-0.05, 0) is 67.2 Å². The fraction of sp³-hybridized carbons (Fsp3) is 0.368. The number of benzene rings is 1. The van der Waals surface area contributed by atoms with Crippen LogP contribution in [0.4, 0.5) is 0 Å². The van der Waals surface area contributed by atoms with E-state index in [2.05, 4.69) is 5.43 Å². The second kappa shape index (κ2) is 4.79. The number of carbonyl (C=O) groups excluding carboxylic acids is 1. The van der Waals surface area contributed by atoms with Gasteiger partial charge in [0.25, 0.3) is 5.91 Å². The molecule has 1 aromatic heterocycles. The van der Waals surface area contributed by atoms with Crippen LogP contribution in [0.5, 0.6) is 11.8 Å². The maximum absolute atomic E-state index is 12.4. The van der Waals surface area contributed by atoms with Crippen molar-refractivity contribution in [2.75, 3.05) is 5.43 Å². The largest absolute Gasteiger partial charge is 0.493 e. The van der Waals surface area contributed by atoms with Gasteiger partial charge >= 0.3 is 0 Å². The molecule has 1 aromatic carbocycles. The van der Waals surface area contributed by atoms with Crippen LogP contribution in [-0.2, 0) is 0 Å². The minimum atomic E-state index is -0.444. The van der Waals surface area contributed by atoms with Crippen LogP contribution >= 0.6 is 0 Å². The maximum atomic E-state index is 12.4. The van der Waals surface area contributed by atoms with Crippen LogP contribution in [0.2, 0.25) is 0 Å². The number of hydrogen-bond acceptors (Lipinski definition) is 4. The lowest BCUT2D eigenvalue weighted by molar-refractivity contribution is 0.100. The van der Waals surface area contributed by atoms with E-state index in [0.717, 1.165) is 28.6 Å². The van der Waals surface area contributed by atoms with Gasteiger partial charge in [0.1, 0.15) is 0 Å². The van der Waals surface area contributed by atoms with Crippen LogP contribution in [0.1, 0.15) is 58.1 Å². The lowest BCUT2D eigenvalue weighted by Gasteiger charge is -2.35. The molecule has 0 radical (unpaired) electrons. The van der Waals surface area contributed by atoms with Gasteiger partial charge in [0, 0.05) is 16.7 Å². The van der Waals surface area contributed by atoms with Crippen LogP contribution < -0.4 is 5.43 Å². The van der Waals surface area contributed by atoms with Gasteiger partial charge in [-0.15, -0.1) is 0 Å². The third-order valence-electron chi connectivity index (χ3n) is 6.14. The number of aromatic hydroxyl groups is 2. The molecule has 6 heteroatoms. The van der Waals surface area contributed by atoms with Crippen molar-refractivity contribution in [2.45, 2.75) is 31.1 Å². The van der Waals surface area contributed by atoms with Gasteiger partial charge in [-0.25, -0.2) is 0 Å². The second-order valence-corrected chi connectivity index (χ2v) is 7.29. The van der Waals surface area contributed by atoms with E-state index in [4.69, 9.17) is 5.26 Å². The molecular formula is C19H17N3O3. The molecule has 2 saturated carbocycles. The van der Waals surface area contributed by atoms with Crippen LogP contribution in [0.3, 0.4) is 0 Å². The van der Waals surface area contributed by atoms with Gasteiger partial charge in [0.05, 0.1) is 11.6 Å². The molecule has 1 amide bonds. The summed E-state index contributed by atoms with van der Waals surface area (Å²) in [5.41, 5.74) is 5.06. The standard InChI is InChI=1S/C19H17N3O3/c20-8-9-1-3-10(4-2-9)17(23)21-22-18(24)15-11-5-6-12(14-7-13(11)14)16(15)19(22)25/h1-4,11-14,24-25H,5-7H2,(H,21,23). The Morgan fingerprint density at radius 2 is 1.64 bits per heavy atom. The highest BCUT2D eigenvalue weighted by Crippen LogP contribution is 2.70. The number of amides is 1. The fourth-order valence-corrected chi connectivity index (χ4v) is 4.95. The van der Waals surface area contributed by atoms with Crippen LogP contribution in [0.25, 0.3) is 0 Å². The predicted molar refractivity (Wildman–Crippen MR) is 88.9 cm³/mol. The average Bonchev–Trinajstić information content (AvgIpc) is 3.43. The summed E-state index contributed by atoms with van der Waals surface area (Å²) < 4.78 is 1.11. The van der Waals surface area contributed by atoms with Crippen molar-refractivity contribution in [2.24, 2.45) is 11.8 Å². The van der Waals surface area contributed by atoms with Gasteiger partial charge in [-0.2, -0.15) is 9.94 Å². The lowest BCUT2D eigenvalue weighted by Crippen LogP contribution is -2.22. The van der Waals surface area contributed by atoms with Crippen molar-refractivity contribution < 1.29 is 15.0 Å². The smallest absolute Gasteiger partial charge is 0.270 e. The average molecular weight is 335 g/mol. The highest BCUT2D eigenvalue weighted by atomic mass is 16.3. The SMILES string of the molecule is N#Cc1ccc(C(=O)Nn2c(O)c3c(c2O)C2CCC3C3CC23)cc1. The summed E-state index contributed by atoms with van der Waals surface area (Å²) >= 11 is 0. The van der Waals surface area contributed by atoms with Gasteiger partial charge in [0.15, 0.2) is 0 Å². The Bertz CT molecular complexity index is 899. The summed E-state index contributed by atoms with van der Waals surface area (Å²) in [5, 5.41) is 30.1. The predicted octanol–water partition coefficient (Wildman–Crippen LogP) is 2.77. The van der Waals surface area contributed by atoms with E-state index in [1.807, 2.05) is 6.07 Å².